The number of nitrogens with two attached hydrogens (primary N) is 1. The molecule has 0 saturated carbocycles. The molecule has 16 heavy (non-hydrogen) atoms. The van der Waals surface area contributed by atoms with Crippen LogP contribution in [0.5, 0.6) is 0 Å². The normalized spacial score (nSPS) is 13.6. The van der Waals surface area contributed by atoms with Crippen molar-refractivity contribution < 1.29 is 0 Å². The average Bonchev–Trinajstić information content (AvgIpc) is 2.70. The third-order valence-corrected chi connectivity index (χ3v) is 2.98. The van der Waals surface area contributed by atoms with Crippen molar-refractivity contribution in [2.75, 3.05) is 0 Å². The van der Waals surface area contributed by atoms with Crippen LogP contribution in [0.4, 0.5) is 0 Å². The molecule has 3 N–H and O–H groups in total. The number of fused-ring (bicyclic) bond motifs is 1. The molecule has 0 radical (unpaired) electrons. The van der Waals surface area contributed by atoms with Crippen LogP contribution in [0, 0.1) is 0 Å². The summed E-state index contributed by atoms with van der Waals surface area (Å²) < 4.78 is 0. The highest BCUT2D eigenvalue weighted by Gasteiger charge is 2.10. The van der Waals surface area contributed by atoms with Gasteiger partial charge < -0.3 is 10.7 Å². The summed E-state index contributed by atoms with van der Waals surface area (Å²) in [5.74, 6) is 1.43. The number of aromatic nitrogens is 2. The zero-order valence-corrected chi connectivity index (χ0v) is 10.1. The minimum absolute atomic E-state index is 0.00917. The van der Waals surface area contributed by atoms with Crippen LogP contribution in [0.2, 0.25) is 0 Å². The highest BCUT2D eigenvalue weighted by molar-refractivity contribution is 5.76. The molecule has 3 heteroatoms. The molecule has 0 aliphatic heterocycles. The van der Waals surface area contributed by atoms with Crippen LogP contribution < -0.4 is 5.73 Å². The molecule has 1 unspecified atom stereocenters. The molecular formula is C13H19N3. The summed E-state index contributed by atoms with van der Waals surface area (Å²) >= 11 is 0. The van der Waals surface area contributed by atoms with Gasteiger partial charge in [-0.25, -0.2) is 4.98 Å². The van der Waals surface area contributed by atoms with E-state index < -0.39 is 0 Å². The summed E-state index contributed by atoms with van der Waals surface area (Å²) in [6.45, 7) is 6.45. The summed E-state index contributed by atoms with van der Waals surface area (Å²) in [6, 6.07) is 6.37. The summed E-state index contributed by atoms with van der Waals surface area (Å²) in [7, 11) is 0. The first-order chi connectivity index (χ1) is 7.61. The van der Waals surface area contributed by atoms with Crippen LogP contribution in [-0.4, -0.2) is 9.97 Å². The summed E-state index contributed by atoms with van der Waals surface area (Å²) in [4.78, 5) is 7.81. The highest BCUT2D eigenvalue weighted by Crippen LogP contribution is 2.21. The third-order valence-electron chi connectivity index (χ3n) is 2.98. The predicted molar refractivity (Wildman–Crippen MR) is 67.4 cm³/mol. The van der Waals surface area contributed by atoms with Crippen molar-refractivity contribution in [3.8, 4) is 0 Å². The smallest absolute Gasteiger partial charge is 0.124 e. The van der Waals surface area contributed by atoms with Crippen molar-refractivity contribution >= 4 is 11.0 Å². The van der Waals surface area contributed by atoms with Crippen molar-refractivity contribution in [2.45, 2.75) is 39.2 Å². The Morgan fingerprint density at radius 2 is 2.12 bits per heavy atom. The lowest BCUT2D eigenvalue weighted by Gasteiger charge is -2.03. The summed E-state index contributed by atoms with van der Waals surface area (Å²) in [5, 5.41) is 0. The first-order valence-corrected chi connectivity index (χ1v) is 5.87. The van der Waals surface area contributed by atoms with Gasteiger partial charge in [0.25, 0.3) is 0 Å². The van der Waals surface area contributed by atoms with E-state index in [4.69, 9.17) is 5.73 Å². The average molecular weight is 217 g/mol. The van der Waals surface area contributed by atoms with Gasteiger partial charge in [0.15, 0.2) is 0 Å². The predicted octanol–water partition coefficient (Wildman–Crippen LogP) is 3.10. The second kappa shape index (κ2) is 4.26. The van der Waals surface area contributed by atoms with Gasteiger partial charge in [-0.1, -0.05) is 26.8 Å². The fourth-order valence-electron chi connectivity index (χ4n) is 1.78. The van der Waals surface area contributed by atoms with Crippen molar-refractivity contribution in [3.05, 3.63) is 29.6 Å². The van der Waals surface area contributed by atoms with Gasteiger partial charge in [-0.3, -0.25) is 0 Å². The van der Waals surface area contributed by atoms with Gasteiger partial charge in [-0.05, 0) is 30.0 Å². The molecule has 0 aliphatic rings. The van der Waals surface area contributed by atoms with Crippen molar-refractivity contribution in [1.29, 1.82) is 0 Å². The van der Waals surface area contributed by atoms with E-state index in [0.29, 0.717) is 5.92 Å². The van der Waals surface area contributed by atoms with E-state index in [1.54, 1.807) is 0 Å². The number of benzene rings is 1. The van der Waals surface area contributed by atoms with E-state index in [1.807, 2.05) is 0 Å². The van der Waals surface area contributed by atoms with E-state index in [9.17, 15) is 0 Å². The molecule has 1 atom stereocenters. The Morgan fingerprint density at radius 1 is 1.38 bits per heavy atom. The van der Waals surface area contributed by atoms with E-state index >= 15 is 0 Å². The van der Waals surface area contributed by atoms with Gasteiger partial charge >= 0.3 is 0 Å². The molecule has 1 aromatic carbocycles. The lowest BCUT2D eigenvalue weighted by atomic mass is 10.0. The minimum Gasteiger partial charge on any atom is -0.341 e. The molecule has 0 aliphatic carbocycles. The maximum absolute atomic E-state index is 5.96. The van der Waals surface area contributed by atoms with Gasteiger partial charge in [0.1, 0.15) is 5.82 Å². The van der Waals surface area contributed by atoms with Gasteiger partial charge in [0.2, 0.25) is 0 Å². The Balaban J connectivity index is 2.46. The topological polar surface area (TPSA) is 54.7 Å². The number of hydrogen-bond acceptors (Lipinski definition) is 2. The molecule has 0 spiro atoms. The molecule has 2 rings (SSSR count). The van der Waals surface area contributed by atoms with Crippen LogP contribution in [0.25, 0.3) is 11.0 Å². The summed E-state index contributed by atoms with van der Waals surface area (Å²) in [5.41, 5.74) is 9.38. The van der Waals surface area contributed by atoms with Crippen LogP contribution in [0.3, 0.4) is 0 Å². The van der Waals surface area contributed by atoms with Crippen molar-refractivity contribution in [2.24, 2.45) is 5.73 Å². The second-order valence-corrected chi connectivity index (χ2v) is 4.57. The number of rotatable bonds is 3. The van der Waals surface area contributed by atoms with Crippen LogP contribution in [0.1, 0.15) is 50.5 Å². The van der Waals surface area contributed by atoms with Crippen LogP contribution in [0.15, 0.2) is 18.2 Å². The van der Waals surface area contributed by atoms with E-state index in [-0.39, 0.29) is 6.04 Å². The maximum atomic E-state index is 5.96. The Labute approximate surface area is 96.1 Å². The number of aromatic amines is 1. The zero-order chi connectivity index (χ0) is 11.7. The molecule has 3 nitrogen and oxygen atoms in total. The Morgan fingerprint density at radius 3 is 2.75 bits per heavy atom. The lowest BCUT2D eigenvalue weighted by molar-refractivity contribution is 0.660. The number of H-pyrrole nitrogens is 1. The fourth-order valence-corrected chi connectivity index (χ4v) is 1.78. The highest BCUT2D eigenvalue weighted by atomic mass is 15.0. The number of hydrogen-bond donors (Lipinski definition) is 2. The number of nitrogens with zero attached hydrogens (tertiary/aromatic N) is 1. The second-order valence-electron chi connectivity index (χ2n) is 4.57. The molecule has 0 bridgehead atoms. The SMILES string of the molecule is CCC(N)c1nc2ccc(C(C)C)cc2[nH]1. The molecular weight excluding hydrogens is 198 g/mol. The quantitative estimate of drug-likeness (QED) is 0.830. The van der Waals surface area contributed by atoms with Crippen molar-refractivity contribution in [1.82, 2.24) is 9.97 Å². The first kappa shape index (κ1) is 11.1. The third kappa shape index (κ3) is 1.95. The van der Waals surface area contributed by atoms with Crippen LogP contribution in [-0.2, 0) is 0 Å². The number of nitrogens with one attached hydrogen (secondary N) is 1. The number of imidazole rings is 1. The largest absolute Gasteiger partial charge is 0.341 e. The summed E-state index contributed by atoms with van der Waals surface area (Å²) in [6.07, 6.45) is 0.900. The zero-order valence-electron chi connectivity index (χ0n) is 10.1. The monoisotopic (exact) mass is 217 g/mol. The minimum atomic E-state index is 0.00917. The van der Waals surface area contributed by atoms with Gasteiger partial charge in [-0.2, -0.15) is 0 Å². The van der Waals surface area contributed by atoms with Gasteiger partial charge in [0.05, 0.1) is 17.1 Å². The fraction of sp³-hybridized carbons (Fsp3) is 0.462. The molecule has 0 saturated heterocycles. The van der Waals surface area contributed by atoms with Crippen LogP contribution >= 0.6 is 0 Å². The molecule has 0 amide bonds. The Kier molecular flexibility index (Phi) is 2.97. The van der Waals surface area contributed by atoms with E-state index in [2.05, 4.69) is 48.9 Å². The molecule has 0 fully saturated rings. The van der Waals surface area contributed by atoms with E-state index in [0.717, 1.165) is 23.3 Å². The molecule has 1 heterocycles. The molecule has 86 valence electrons. The van der Waals surface area contributed by atoms with E-state index in [1.165, 1.54) is 5.56 Å². The van der Waals surface area contributed by atoms with Gasteiger partial charge in [0, 0.05) is 0 Å². The van der Waals surface area contributed by atoms with Gasteiger partial charge in [-0.15, -0.1) is 0 Å². The molecule has 2 aromatic rings. The Hall–Kier alpha value is -1.35. The lowest BCUT2D eigenvalue weighted by Crippen LogP contribution is -2.10. The molecule has 1 aromatic heterocycles. The standard InChI is InChI=1S/C13H19N3/c1-4-10(14)13-15-11-6-5-9(8(2)3)7-12(11)16-13/h5-8,10H,4,14H2,1-3H3,(H,15,16). The van der Waals surface area contributed by atoms with Crippen molar-refractivity contribution in [3.63, 3.8) is 0 Å². The maximum Gasteiger partial charge on any atom is 0.124 e. The Bertz CT molecular complexity index is 485. The first-order valence-electron chi connectivity index (χ1n) is 5.87.